The maximum absolute atomic E-state index is 12.8. The number of ether oxygens (including phenoxy) is 3. The number of hydrogen-bond acceptors (Lipinski definition) is 5. The molecule has 0 bridgehead atoms. The van der Waals surface area contributed by atoms with E-state index >= 15 is 0 Å². The summed E-state index contributed by atoms with van der Waals surface area (Å²) in [6.45, 7) is 0.543. The van der Waals surface area contributed by atoms with E-state index in [1.165, 1.54) is 19.1 Å². The molecule has 0 aromatic heterocycles. The van der Waals surface area contributed by atoms with Gasteiger partial charge in [-0.25, -0.2) is 9.59 Å². The average Bonchev–Trinajstić information content (AvgIpc) is 2.70. The molecule has 1 unspecified atom stereocenters. The van der Waals surface area contributed by atoms with Crippen LogP contribution in [0.2, 0.25) is 0 Å². The summed E-state index contributed by atoms with van der Waals surface area (Å²) in [5, 5.41) is 0. The van der Waals surface area contributed by atoms with Crippen LogP contribution >= 0.6 is 15.9 Å². The van der Waals surface area contributed by atoms with Crippen LogP contribution < -0.4 is 0 Å². The Balaban J connectivity index is 2.24. The van der Waals surface area contributed by atoms with Gasteiger partial charge in [-0.05, 0) is 23.3 Å². The summed E-state index contributed by atoms with van der Waals surface area (Å²) in [4.78, 5) is 26.5. The number of nitrogens with zero attached hydrogens (tertiary/aromatic N) is 1. The Kier molecular flexibility index (Phi) is 8.29. The fraction of sp³-hybridized carbons (Fsp3) is 0.300. The third kappa shape index (κ3) is 6.08. The molecule has 0 spiro atoms. The third-order valence-electron chi connectivity index (χ3n) is 3.90. The number of carbonyl (C=O) groups is 2. The van der Waals surface area contributed by atoms with Crippen molar-refractivity contribution in [1.82, 2.24) is 4.90 Å². The topological polar surface area (TPSA) is 65.1 Å². The minimum atomic E-state index is -0.929. The van der Waals surface area contributed by atoms with Crippen LogP contribution in [-0.4, -0.2) is 44.3 Å². The number of benzene rings is 2. The van der Waals surface area contributed by atoms with Crippen molar-refractivity contribution in [3.63, 3.8) is 0 Å². The molecule has 2 aromatic carbocycles. The van der Waals surface area contributed by atoms with Crippen LogP contribution in [0.25, 0.3) is 0 Å². The van der Waals surface area contributed by atoms with Crippen LogP contribution in [0, 0.1) is 0 Å². The Bertz CT molecular complexity index is 736. The van der Waals surface area contributed by atoms with Crippen molar-refractivity contribution in [3.8, 4) is 0 Å². The summed E-state index contributed by atoms with van der Waals surface area (Å²) in [6, 6.07) is 15.5. The van der Waals surface area contributed by atoms with Crippen molar-refractivity contribution < 1.29 is 23.8 Å². The lowest BCUT2D eigenvalue weighted by molar-refractivity contribution is -0.147. The monoisotopic (exact) mass is 435 g/mol. The lowest BCUT2D eigenvalue weighted by Crippen LogP contribution is -2.41. The molecule has 0 N–H and O–H groups in total. The first-order chi connectivity index (χ1) is 13.1. The number of methoxy groups -OCH3 is 2. The van der Waals surface area contributed by atoms with Crippen LogP contribution in [0.5, 0.6) is 0 Å². The molecule has 27 heavy (non-hydrogen) atoms. The fourth-order valence-corrected chi connectivity index (χ4v) is 2.78. The normalized spacial score (nSPS) is 11.5. The number of hydrogen-bond donors (Lipinski definition) is 0. The summed E-state index contributed by atoms with van der Waals surface area (Å²) < 4.78 is 16.3. The van der Waals surface area contributed by atoms with E-state index in [4.69, 9.17) is 14.2 Å². The van der Waals surface area contributed by atoms with E-state index in [2.05, 4.69) is 15.9 Å². The van der Waals surface area contributed by atoms with Crippen LogP contribution in [0.1, 0.15) is 17.2 Å². The number of esters is 1. The summed E-state index contributed by atoms with van der Waals surface area (Å²) >= 11 is 3.37. The highest BCUT2D eigenvalue weighted by molar-refractivity contribution is 9.10. The second-order valence-electron chi connectivity index (χ2n) is 5.70. The van der Waals surface area contributed by atoms with Gasteiger partial charge in [0.2, 0.25) is 0 Å². The van der Waals surface area contributed by atoms with Gasteiger partial charge in [0.25, 0.3) is 0 Å². The van der Waals surface area contributed by atoms with E-state index in [9.17, 15) is 9.59 Å². The lowest BCUT2D eigenvalue weighted by Gasteiger charge is -2.29. The molecule has 0 fully saturated rings. The average molecular weight is 436 g/mol. The van der Waals surface area contributed by atoms with Crippen LogP contribution in [0.15, 0.2) is 59.1 Å². The molecule has 2 rings (SSSR count). The van der Waals surface area contributed by atoms with Gasteiger partial charge < -0.3 is 14.2 Å². The second kappa shape index (κ2) is 10.7. The largest absolute Gasteiger partial charge is 0.467 e. The minimum absolute atomic E-state index is 0.109. The van der Waals surface area contributed by atoms with Crippen LogP contribution in [-0.2, 0) is 25.6 Å². The van der Waals surface area contributed by atoms with E-state index in [0.29, 0.717) is 5.56 Å². The first kappa shape index (κ1) is 20.9. The van der Waals surface area contributed by atoms with Crippen LogP contribution in [0.4, 0.5) is 4.79 Å². The molecule has 0 aliphatic carbocycles. The van der Waals surface area contributed by atoms with Gasteiger partial charge in [-0.3, -0.25) is 4.90 Å². The van der Waals surface area contributed by atoms with Gasteiger partial charge in [-0.2, -0.15) is 0 Å². The third-order valence-corrected chi connectivity index (χ3v) is 4.43. The zero-order chi connectivity index (χ0) is 19.6. The van der Waals surface area contributed by atoms with Gasteiger partial charge in [-0.1, -0.05) is 58.4 Å². The summed E-state index contributed by atoms with van der Waals surface area (Å²) in [5.74, 6) is -0.551. The number of carbonyl (C=O) groups excluding carboxylic acids is 2. The van der Waals surface area contributed by atoms with Gasteiger partial charge in [-0.15, -0.1) is 0 Å². The first-order valence-electron chi connectivity index (χ1n) is 8.36. The predicted molar refractivity (Wildman–Crippen MR) is 104 cm³/mol. The molecule has 1 amide bonds. The van der Waals surface area contributed by atoms with Gasteiger partial charge in [0, 0.05) is 18.1 Å². The maximum atomic E-state index is 12.8. The van der Waals surface area contributed by atoms with Crippen molar-refractivity contribution >= 4 is 28.0 Å². The molecule has 0 saturated carbocycles. The van der Waals surface area contributed by atoms with E-state index in [0.717, 1.165) is 10.0 Å². The van der Waals surface area contributed by atoms with Crippen molar-refractivity contribution in [1.29, 1.82) is 0 Å². The molecular formula is C20H22BrNO5. The second-order valence-corrected chi connectivity index (χ2v) is 6.62. The molecule has 1 atom stereocenters. The number of amides is 1. The van der Waals surface area contributed by atoms with Crippen molar-refractivity contribution in [2.45, 2.75) is 12.6 Å². The Hall–Kier alpha value is -2.38. The summed E-state index contributed by atoms with van der Waals surface area (Å²) in [7, 11) is 2.82. The highest BCUT2D eigenvalue weighted by Crippen LogP contribution is 2.25. The molecule has 6 nitrogen and oxygen atoms in total. The highest BCUT2D eigenvalue weighted by atomic mass is 79.9. The number of halogens is 1. The van der Waals surface area contributed by atoms with E-state index in [1.807, 2.05) is 30.3 Å². The maximum Gasteiger partial charge on any atom is 0.411 e. The van der Waals surface area contributed by atoms with Crippen molar-refractivity contribution in [2.24, 2.45) is 0 Å². The molecule has 0 aliphatic heterocycles. The highest BCUT2D eigenvalue weighted by Gasteiger charge is 2.33. The Morgan fingerprint density at radius 2 is 1.70 bits per heavy atom. The van der Waals surface area contributed by atoms with E-state index < -0.39 is 18.1 Å². The predicted octanol–water partition coefficient (Wildman–Crippen LogP) is 3.95. The molecule has 144 valence electrons. The Labute approximate surface area is 167 Å². The molecule has 0 heterocycles. The van der Waals surface area contributed by atoms with Crippen molar-refractivity contribution in [2.75, 3.05) is 27.4 Å². The van der Waals surface area contributed by atoms with E-state index in [-0.39, 0.29) is 19.8 Å². The van der Waals surface area contributed by atoms with Gasteiger partial charge >= 0.3 is 12.1 Å². The molecule has 0 radical (unpaired) electrons. The lowest BCUT2D eigenvalue weighted by atomic mass is 10.1. The van der Waals surface area contributed by atoms with Gasteiger partial charge in [0.15, 0.2) is 6.04 Å². The summed E-state index contributed by atoms with van der Waals surface area (Å²) in [5.41, 5.74) is 1.48. The fourth-order valence-electron chi connectivity index (χ4n) is 2.52. The Morgan fingerprint density at radius 1 is 1.04 bits per heavy atom. The Morgan fingerprint density at radius 3 is 2.30 bits per heavy atom. The standard InChI is InChI=1S/C20H22BrNO5/c1-25-13-12-22(20(24)27-14-15-6-4-3-5-7-15)18(19(23)26-2)16-8-10-17(21)11-9-16/h3-11,18H,12-14H2,1-2H3. The quantitative estimate of drug-likeness (QED) is 0.587. The van der Waals surface area contributed by atoms with Crippen LogP contribution in [0.3, 0.4) is 0 Å². The van der Waals surface area contributed by atoms with Gasteiger partial charge in [0.05, 0.1) is 13.7 Å². The molecule has 2 aromatic rings. The minimum Gasteiger partial charge on any atom is -0.467 e. The van der Waals surface area contributed by atoms with Crippen molar-refractivity contribution in [3.05, 3.63) is 70.2 Å². The zero-order valence-electron chi connectivity index (χ0n) is 15.3. The smallest absolute Gasteiger partial charge is 0.411 e. The number of rotatable bonds is 8. The molecule has 7 heteroatoms. The SMILES string of the molecule is COCCN(C(=O)OCc1ccccc1)C(C(=O)OC)c1ccc(Br)cc1. The van der Waals surface area contributed by atoms with Gasteiger partial charge in [0.1, 0.15) is 6.61 Å². The molecule has 0 saturated heterocycles. The zero-order valence-corrected chi connectivity index (χ0v) is 16.8. The summed E-state index contributed by atoms with van der Waals surface area (Å²) in [6.07, 6.45) is -0.616. The molecular weight excluding hydrogens is 414 g/mol. The molecule has 0 aliphatic rings. The van der Waals surface area contributed by atoms with E-state index in [1.54, 1.807) is 24.3 Å². The first-order valence-corrected chi connectivity index (χ1v) is 9.15.